The van der Waals surface area contributed by atoms with Crippen LogP contribution < -0.4 is 16.0 Å². The van der Waals surface area contributed by atoms with E-state index in [9.17, 15) is 15.2 Å². The summed E-state index contributed by atoms with van der Waals surface area (Å²) in [5.74, 6) is 5.90. The average molecular weight is 321 g/mol. The predicted molar refractivity (Wildman–Crippen MR) is 82.1 cm³/mol. The molecule has 0 saturated carbocycles. The second kappa shape index (κ2) is 6.60. The molecule has 0 aliphatic carbocycles. The van der Waals surface area contributed by atoms with E-state index in [2.05, 4.69) is 20.7 Å². The van der Waals surface area contributed by atoms with Crippen LogP contribution in [0.3, 0.4) is 0 Å². The number of nitrogen functional groups attached to an aromatic ring is 1. The lowest BCUT2D eigenvalue weighted by Gasteiger charge is -2.06. The van der Waals surface area contributed by atoms with Gasteiger partial charge in [-0.2, -0.15) is 5.10 Å². The number of hydrazone groups is 1. The lowest BCUT2D eigenvalue weighted by atomic mass is 10.1. The van der Waals surface area contributed by atoms with Gasteiger partial charge in [-0.05, 0) is 12.1 Å². The van der Waals surface area contributed by atoms with Gasteiger partial charge in [0.05, 0.1) is 23.8 Å². The number of ether oxygens (including phenoxy) is 1. The normalized spacial score (nSPS) is 10.9. The molecule has 0 aliphatic heterocycles. The molecule has 0 saturated heterocycles. The zero-order chi connectivity index (χ0) is 17.0. The Labute approximate surface area is 130 Å². The number of nitro groups is 1. The minimum atomic E-state index is -0.666. The van der Waals surface area contributed by atoms with Gasteiger partial charge in [-0.3, -0.25) is 10.1 Å². The molecular formula is C12H15N7O4. The molecule has 11 heteroatoms. The molecule has 1 aromatic heterocycles. The van der Waals surface area contributed by atoms with Gasteiger partial charge in [0, 0.05) is 6.42 Å². The van der Waals surface area contributed by atoms with Crippen molar-refractivity contribution in [1.29, 1.82) is 0 Å². The van der Waals surface area contributed by atoms with Crippen LogP contribution in [0.25, 0.3) is 0 Å². The first-order valence-corrected chi connectivity index (χ1v) is 6.52. The first-order chi connectivity index (χ1) is 11.0. The first-order valence-electron chi connectivity index (χ1n) is 6.52. The summed E-state index contributed by atoms with van der Waals surface area (Å²) in [5, 5.41) is 32.2. The number of nitrogens with two attached hydrogens (primary N) is 1. The van der Waals surface area contributed by atoms with Crippen LogP contribution in [0.4, 0.5) is 11.6 Å². The highest BCUT2D eigenvalue weighted by atomic mass is 16.6. The number of anilines is 1. The van der Waals surface area contributed by atoms with Crippen LogP contribution in [0.2, 0.25) is 0 Å². The molecule has 4 N–H and O–H groups in total. The van der Waals surface area contributed by atoms with Crippen molar-refractivity contribution in [3.63, 3.8) is 0 Å². The molecule has 122 valence electrons. The topological polar surface area (TPSA) is 154 Å². The highest BCUT2D eigenvalue weighted by molar-refractivity contribution is 5.88. The van der Waals surface area contributed by atoms with Crippen molar-refractivity contribution in [3.05, 3.63) is 33.6 Å². The third kappa shape index (κ3) is 3.12. The Bertz CT molecular complexity index is 756. The van der Waals surface area contributed by atoms with Crippen molar-refractivity contribution >= 4 is 17.9 Å². The Morgan fingerprint density at radius 3 is 2.87 bits per heavy atom. The number of phenols is 1. The number of nitro benzene ring substituents is 1. The molecule has 2 aromatic rings. The van der Waals surface area contributed by atoms with Gasteiger partial charge in [0.2, 0.25) is 5.75 Å². The second-order valence-corrected chi connectivity index (χ2v) is 4.35. The fraction of sp³-hybridized carbons (Fsp3) is 0.250. The summed E-state index contributed by atoms with van der Waals surface area (Å²) in [4.78, 5) is 10.5. The molecule has 0 spiro atoms. The van der Waals surface area contributed by atoms with E-state index in [-0.39, 0.29) is 23.0 Å². The number of methoxy groups -OCH3 is 1. The summed E-state index contributed by atoms with van der Waals surface area (Å²) < 4.78 is 6.08. The third-order valence-corrected chi connectivity index (χ3v) is 2.98. The molecule has 0 radical (unpaired) electrons. The molecule has 23 heavy (non-hydrogen) atoms. The number of phenolic OH excluding ortho intramolecular Hbond substituents is 1. The van der Waals surface area contributed by atoms with Crippen molar-refractivity contribution in [1.82, 2.24) is 14.9 Å². The smallest absolute Gasteiger partial charge is 0.323 e. The Balaban J connectivity index is 2.29. The van der Waals surface area contributed by atoms with Gasteiger partial charge in [0.25, 0.3) is 5.95 Å². The molecule has 0 fully saturated rings. The molecule has 0 bridgehead atoms. The van der Waals surface area contributed by atoms with E-state index in [0.29, 0.717) is 12.2 Å². The number of hydrogen-bond acceptors (Lipinski definition) is 9. The number of benzene rings is 1. The zero-order valence-electron chi connectivity index (χ0n) is 12.4. The Morgan fingerprint density at radius 2 is 2.30 bits per heavy atom. The summed E-state index contributed by atoms with van der Waals surface area (Å²) in [6, 6.07) is 2.61. The van der Waals surface area contributed by atoms with Crippen molar-refractivity contribution in [3.8, 4) is 11.5 Å². The molecule has 0 aliphatic rings. The third-order valence-electron chi connectivity index (χ3n) is 2.98. The second-order valence-electron chi connectivity index (χ2n) is 4.35. The van der Waals surface area contributed by atoms with E-state index in [4.69, 9.17) is 10.6 Å². The van der Waals surface area contributed by atoms with Crippen LogP contribution in [0.1, 0.15) is 18.3 Å². The van der Waals surface area contributed by atoms with E-state index >= 15 is 0 Å². The summed E-state index contributed by atoms with van der Waals surface area (Å²) in [5.41, 5.74) is 2.28. The molecule has 2 rings (SSSR count). The zero-order valence-corrected chi connectivity index (χ0v) is 12.4. The van der Waals surface area contributed by atoms with Gasteiger partial charge in [-0.1, -0.05) is 6.92 Å². The van der Waals surface area contributed by atoms with Gasteiger partial charge in [-0.15, -0.1) is 10.2 Å². The van der Waals surface area contributed by atoms with E-state index in [1.165, 1.54) is 30.1 Å². The van der Waals surface area contributed by atoms with Crippen LogP contribution in [0, 0.1) is 10.1 Å². The maximum absolute atomic E-state index is 11.2. The first kappa shape index (κ1) is 16.0. The number of hydrogen-bond donors (Lipinski definition) is 3. The molecule has 1 heterocycles. The number of aromatic hydroxyl groups is 1. The highest BCUT2D eigenvalue weighted by Crippen LogP contribution is 2.37. The number of nitrogens with zero attached hydrogens (tertiary/aromatic N) is 5. The predicted octanol–water partition coefficient (Wildman–Crippen LogP) is 0.623. The van der Waals surface area contributed by atoms with Crippen molar-refractivity contribution in [2.45, 2.75) is 13.3 Å². The fourth-order valence-corrected chi connectivity index (χ4v) is 1.87. The molecule has 1 aromatic carbocycles. The number of aryl methyl sites for hydroxylation is 1. The summed E-state index contributed by atoms with van der Waals surface area (Å²) in [6.45, 7) is 1.87. The van der Waals surface area contributed by atoms with E-state index in [1.807, 2.05) is 6.92 Å². The number of nitrogens with one attached hydrogen (secondary N) is 1. The lowest BCUT2D eigenvalue weighted by molar-refractivity contribution is -0.385. The van der Waals surface area contributed by atoms with E-state index in [1.54, 1.807) is 0 Å². The molecule has 0 amide bonds. The fourth-order valence-electron chi connectivity index (χ4n) is 1.87. The molecular weight excluding hydrogens is 306 g/mol. The average Bonchev–Trinajstić information content (AvgIpc) is 2.88. The quantitative estimate of drug-likeness (QED) is 0.303. The van der Waals surface area contributed by atoms with Crippen molar-refractivity contribution < 1.29 is 14.8 Å². The Hall–Kier alpha value is -3.37. The lowest BCUT2D eigenvalue weighted by Crippen LogP contribution is -2.15. The molecule has 0 atom stereocenters. The van der Waals surface area contributed by atoms with Crippen LogP contribution in [-0.4, -0.2) is 38.2 Å². The molecule has 11 nitrogen and oxygen atoms in total. The van der Waals surface area contributed by atoms with Crippen LogP contribution in [-0.2, 0) is 6.42 Å². The summed E-state index contributed by atoms with van der Waals surface area (Å²) in [6.07, 6.45) is 1.79. The standard InChI is InChI=1S/C12H15N7O4/c1-3-9-15-17-12(18(9)13)16-14-6-7-4-5-8(20)11(23-2)10(7)19(21)22/h4-6,20H,3,13H2,1-2H3,(H,16,17)/b14-6-. The van der Waals surface area contributed by atoms with Crippen LogP contribution >= 0.6 is 0 Å². The minimum absolute atomic E-state index is 0.135. The number of rotatable bonds is 6. The van der Waals surface area contributed by atoms with Crippen LogP contribution in [0.5, 0.6) is 11.5 Å². The SMILES string of the molecule is CCc1nnc(N/N=C\c2ccc(O)c(OC)c2[N+](=O)[O-])n1N. The maximum Gasteiger partial charge on any atom is 0.323 e. The van der Waals surface area contributed by atoms with Gasteiger partial charge in [0.15, 0.2) is 11.6 Å². The van der Waals surface area contributed by atoms with Crippen LogP contribution in [0.15, 0.2) is 17.2 Å². The van der Waals surface area contributed by atoms with Crippen molar-refractivity contribution in [2.24, 2.45) is 5.10 Å². The van der Waals surface area contributed by atoms with Gasteiger partial charge < -0.3 is 15.7 Å². The van der Waals surface area contributed by atoms with E-state index in [0.717, 1.165) is 0 Å². The minimum Gasteiger partial charge on any atom is -0.504 e. The maximum atomic E-state index is 11.2. The van der Waals surface area contributed by atoms with E-state index < -0.39 is 10.6 Å². The Morgan fingerprint density at radius 1 is 1.57 bits per heavy atom. The van der Waals surface area contributed by atoms with Gasteiger partial charge in [-0.25, -0.2) is 10.1 Å². The summed E-state index contributed by atoms with van der Waals surface area (Å²) in [7, 11) is 1.23. The molecule has 0 unspecified atom stereocenters. The van der Waals surface area contributed by atoms with Gasteiger partial charge >= 0.3 is 5.69 Å². The van der Waals surface area contributed by atoms with Crippen molar-refractivity contribution in [2.75, 3.05) is 18.4 Å². The summed E-state index contributed by atoms with van der Waals surface area (Å²) >= 11 is 0. The monoisotopic (exact) mass is 321 g/mol. The van der Waals surface area contributed by atoms with Gasteiger partial charge in [0.1, 0.15) is 0 Å². The largest absolute Gasteiger partial charge is 0.504 e. The highest BCUT2D eigenvalue weighted by Gasteiger charge is 2.23. The number of aromatic nitrogens is 3. The Kier molecular flexibility index (Phi) is 4.59.